The predicted octanol–water partition coefficient (Wildman–Crippen LogP) is 2.75. The molecular formula is C19H19NO3. The van der Waals surface area contributed by atoms with Crippen LogP contribution in [-0.2, 0) is 12.8 Å². The van der Waals surface area contributed by atoms with E-state index in [2.05, 4.69) is 17.4 Å². The molecule has 0 saturated heterocycles. The SMILES string of the molecule is O=C(NC1Cc2ccccc2C1)c1ccc2c(c1)OCCCO2. The first-order chi connectivity index (χ1) is 11.3. The number of carbonyl (C=O) groups excluding carboxylic acids is 1. The second-order valence-electron chi connectivity index (χ2n) is 6.06. The highest BCUT2D eigenvalue weighted by molar-refractivity contribution is 5.95. The molecule has 2 aromatic rings. The predicted molar refractivity (Wildman–Crippen MR) is 87.2 cm³/mol. The molecule has 1 aliphatic carbocycles. The molecule has 4 rings (SSSR count). The van der Waals surface area contributed by atoms with Crippen LogP contribution >= 0.6 is 0 Å². The molecule has 1 heterocycles. The van der Waals surface area contributed by atoms with Crippen LogP contribution < -0.4 is 14.8 Å². The van der Waals surface area contributed by atoms with Crippen molar-refractivity contribution < 1.29 is 14.3 Å². The molecule has 0 spiro atoms. The van der Waals surface area contributed by atoms with Gasteiger partial charge in [0.15, 0.2) is 11.5 Å². The standard InChI is InChI=1S/C19H19NO3/c21-19(20-16-10-13-4-1-2-5-14(13)11-16)15-6-7-17-18(12-15)23-9-3-8-22-17/h1-2,4-7,12,16H,3,8-11H2,(H,20,21). The summed E-state index contributed by atoms with van der Waals surface area (Å²) in [7, 11) is 0. The van der Waals surface area contributed by atoms with Gasteiger partial charge >= 0.3 is 0 Å². The number of rotatable bonds is 2. The number of hydrogen-bond acceptors (Lipinski definition) is 3. The molecule has 0 aromatic heterocycles. The zero-order valence-corrected chi connectivity index (χ0v) is 12.9. The van der Waals surface area contributed by atoms with Gasteiger partial charge in [0.2, 0.25) is 0 Å². The Labute approximate surface area is 135 Å². The topological polar surface area (TPSA) is 47.6 Å². The average Bonchev–Trinajstić information content (AvgIpc) is 2.82. The van der Waals surface area contributed by atoms with Crippen molar-refractivity contribution in [3.63, 3.8) is 0 Å². The fourth-order valence-corrected chi connectivity index (χ4v) is 3.23. The quantitative estimate of drug-likeness (QED) is 0.928. The molecule has 2 aliphatic rings. The molecule has 0 saturated carbocycles. The van der Waals surface area contributed by atoms with Gasteiger partial charge in [-0.2, -0.15) is 0 Å². The number of fused-ring (bicyclic) bond motifs is 2. The van der Waals surface area contributed by atoms with E-state index >= 15 is 0 Å². The summed E-state index contributed by atoms with van der Waals surface area (Å²) in [5, 5.41) is 3.13. The highest BCUT2D eigenvalue weighted by Crippen LogP contribution is 2.30. The molecule has 1 amide bonds. The molecule has 4 nitrogen and oxygen atoms in total. The summed E-state index contributed by atoms with van der Waals surface area (Å²) in [5.74, 6) is 1.32. The Kier molecular flexibility index (Phi) is 3.66. The maximum atomic E-state index is 12.5. The van der Waals surface area contributed by atoms with Crippen molar-refractivity contribution in [3.05, 3.63) is 59.2 Å². The van der Waals surface area contributed by atoms with Crippen LogP contribution in [0.2, 0.25) is 0 Å². The van der Waals surface area contributed by atoms with E-state index < -0.39 is 0 Å². The van der Waals surface area contributed by atoms with Crippen molar-refractivity contribution >= 4 is 5.91 Å². The first-order valence-electron chi connectivity index (χ1n) is 8.07. The highest BCUT2D eigenvalue weighted by Gasteiger charge is 2.23. The largest absolute Gasteiger partial charge is 0.490 e. The zero-order valence-electron chi connectivity index (χ0n) is 12.9. The molecule has 0 fully saturated rings. The molecule has 4 heteroatoms. The Balaban J connectivity index is 1.47. The fourth-order valence-electron chi connectivity index (χ4n) is 3.23. The minimum Gasteiger partial charge on any atom is -0.490 e. The summed E-state index contributed by atoms with van der Waals surface area (Å²) in [6.45, 7) is 1.27. The summed E-state index contributed by atoms with van der Waals surface area (Å²) < 4.78 is 11.3. The Bertz CT molecular complexity index is 716. The summed E-state index contributed by atoms with van der Waals surface area (Å²) >= 11 is 0. The third-order valence-electron chi connectivity index (χ3n) is 4.40. The Morgan fingerprint density at radius 1 is 0.957 bits per heavy atom. The van der Waals surface area contributed by atoms with Crippen molar-refractivity contribution in [2.24, 2.45) is 0 Å². The fraction of sp³-hybridized carbons (Fsp3) is 0.316. The summed E-state index contributed by atoms with van der Waals surface area (Å²) in [6, 6.07) is 13.9. The molecular weight excluding hydrogens is 290 g/mol. The van der Waals surface area contributed by atoms with E-state index in [9.17, 15) is 4.79 Å². The van der Waals surface area contributed by atoms with E-state index in [-0.39, 0.29) is 11.9 Å². The van der Waals surface area contributed by atoms with Crippen LogP contribution in [0.3, 0.4) is 0 Å². The van der Waals surface area contributed by atoms with Crippen LogP contribution in [0, 0.1) is 0 Å². The van der Waals surface area contributed by atoms with E-state index in [0.29, 0.717) is 30.3 Å². The van der Waals surface area contributed by atoms with E-state index in [1.165, 1.54) is 11.1 Å². The maximum absolute atomic E-state index is 12.5. The molecule has 0 atom stereocenters. The van der Waals surface area contributed by atoms with E-state index in [4.69, 9.17) is 9.47 Å². The Morgan fingerprint density at radius 2 is 1.65 bits per heavy atom. The molecule has 0 bridgehead atoms. The van der Waals surface area contributed by atoms with Gasteiger partial charge in [-0.1, -0.05) is 24.3 Å². The van der Waals surface area contributed by atoms with Crippen LogP contribution in [0.15, 0.2) is 42.5 Å². The van der Waals surface area contributed by atoms with Gasteiger partial charge in [0.1, 0.15) is 0 Å². The highest BCUT2D eigenvalue weighted by atomic mass is 16.5. The molecule has 0 radical (unpaired) electrons. The van der Waals surface area contributed by atoms with Crippen LogP contribution in [0.25, 0.3) is 0 Å². The van der Waals surface area contributed by atoms with E-state index in [1.807, 2.05) is 18.2 Å². The summed E-state index contributed by atoms with van der Waals surface area (Å²) in [4.78, 5) is 12.5. The second-order valence-corrected chi connectivity index (χ2v) is 6.06. The van der Waals surface area contributed by atoms with Crippen molar-refractivity contribution in [1.29, 1.82) is 0 Å². The third kappa shape index (κ3) is 2.89. The van der Waals surface area contributed by atoms with E-state index in [1.54, 1.807) is 12.1 Å². The van der Waals surface area contributed by atoms with Crippen molar-refractivity contribution in [1.82, 2.24) is 5.32 Å². The second kappa shape index (κ2) is 5.95. The Hall–Kier alpha value is -2.49. The molecule has 0 unspecified atom stereocenters. The molecule has 23 heavy (non-hydrogen) atoms. The molecule has 118 valence electrons. The van der Waals surface area contributed by atoms with Gasteiger partial charge in [0.25, 0.3) is 5.91 Å². The number of benzene rings is 2. The van der Waals surface area contributed by atoms with Crippen LogP contribution in [0.5, 0.6) is 11.5 Å². The van der Waals surface area contributed by atoms with Gasteiger partial charge in [0, 0.05) is 18.0 Å². The van der Waals surface area contributed by atoms with Crippen molar-refractivity contribution in [3.8, 4) is 11.5 Å². The van der Waals surface area contributed by atoms with Crippen LogP contribution in [-0.4, -0.2) is 25.2 Å². The lowest BCUT2D eigenvalue weighted by Gasteiger charge is -2.13. The van der Waals surface area contributed by atoms with Gasteiger partial charge in [-0.05, 0) is 42.2 Å². The number of carbonyl (C=O) groups is 1. The molecule has 2 aromatic carbocycles. The lowest BCUT2D eigenvalue weighted by Crippen LogP contribution is -2.35. The minimum atomic E-state index is -0.0570. The zero-order chi connectivity index (χ0) is 15.6. The van der Waals surface area contributed by atoms with Gasteiger partial charge in [-0.3, -0.25) is 4.79 Å². The van der Waals surface area contributed by atoms with Gasteiger partial charge < -0.3 is 14.8 Å². The lowest BCUT2D eigenvalue weighted by molar-refractivity contribution is 0.0938. The molecule has 1 N–H and O–H groups in total. The van der Waals surface area contributed by atoms with Gasteiger partial charge in [0.05, 0.1) is 13.2 Å². The molecule has 1 aliphatic heterocycles. The van der Waals surface area contributed by atoms with Crippen LogP contribution in [0.1, 0.15) is 27.9 Å². The lowest BCUT2D eigenvalue weighted by atomic mass is 10.1. The number of hydrogen-bond donors (Lipinski definition) is 1. The van der Waals surface area contributed by atoms with E-state index in [0.717, 1.165) is 19.3 Å². The van der Waals surface area contributed by atoms with Gasteiger partial charge in [-0.15, -0.1) is 0 Å². The van der Waals surface area contributed by atoms with Crippen LogP contribution in [0.4, 0.5) is 0 Å². The minimum absolute atomic E-state index is 0.0570. The number of ether oxygens (including phenoxy) is 2. The maximum Gasteiger partial charge on any atom is 0.251 e. The normalized spacial score (nSPS) is 16.5. The van der Waals surface area contributed by atoms with Gasteiger partial charge in [-0.25, -0.2) is 0 Å². The smallest absolute Gasteiger partial charge is 0.251 e. The Morgan fingerprint density at radius 3 is 2.39 bits per heavy atom. The number of nitrogens with one attached hydrogen (secondary N) is 1. The summed E-state index contributed by atoms with van der Waals surface area (Å²) in [6.07, 6.45) is 2.65. The summed E-state index contributed by atoms with van der Waals surface area (Å²) in [5.41, 5.74) is 3.28. The monoisotopic (exact) mass is 309 g/mol. The average molecular weight is 309 g/mol. The first-order valence-corrected chi connectivity index (χ1v) is 8.07. The van der Waals surface area contributed by atoms with Crippen molar-refractivity contribution in [2.75, 3.05) is 13.2 Å². The van der Waals surface area contributed by atoms with Crippen molar-refractivity contribution in [2.45, 2.75) is 25.3 Å². The number of amides is 1. The third-order valence-corrected chi connectivity index (χ3v) is 4.40. The first kappa shape index (κ1) is 14.1.